The second kappa shape index (κ2) is 16.4. The van der Waals surface area contributed by atoms with Gasteiger partial charge in [0.15, 0.2) is 0 Å². The number of hydrogen-bond acceptors (Lipinski definition) is 6. The number of fused-ring (bicyclic) bond motifs is 1. The molecule has 0 heterocycles. The molecule has 2 aliphatic rings. The van der Waals surface area contributed by atoms with Gasteiger partial charge in [0.1, 0.15) is 0 Å². The monoisotopic (exact) mass is 471 g/mol. The lowest BCUT2D eigenvalue weighted by Gasteiger charge is -2.35. The molecule has 0 aromatic heterocycles. The van der Waals surface area contributed by atoms with E-state index in [1.165, 1.54) is 12.8 Å². The second-order valence-electron chi connectivity index (χ2n) is 9.19. The minimum atomic E-state index is -1.05. The number of ether oxygens (including phenoxy) is 3. The molecule has 1 saturated carbocycles. The molecule has 2 rings (SSSR count). The molecule has 6 nitrogen and oxygen atoms in total. The highest BCUT2D eigenvalue weighted by Gasteiger charge is 2.48. The maximum absolute atomic E-state index is 6.05. The smallest absolute Gasteiger partial charge is 0.259 e. The molecule has 7 heteroatoms. The van der Waals surface area contributed by atoms with Crippen molar-refractivity contribution in [3.8, 4) is 11.8 Å². The van der Waals surface area contributed by atoms with E-state index >= 15 is 0 Å². The summed E-state index contributed by atoms with van der Waals surface area (Å²) in [6.45, 7) is 16.0. The van der Waals surface area contributed by atoms with Crippen LogP contribution in [0, 0.1) is 29.6 Å². The van der Waals surface area contributed by atoms with Crippen molar-refractivity contribution in [2.45, 2.75) is 78.8 Å². The van der Waals surface area contributed by atoms with Crippen molar-refractivity contribution in [3.05, 3.63) is 0 Å². The van der Waals surface area contributed by atoms with Gasteiger partial charge in [0.05, 0.1) is 52.9 Å². The van der Waals surface area contributed by atoms with Gasteiger partial charge in [0.25, 0.3) is 8.53 Å². The first kappa shape index (κ1) is 28.0. The van der Waals surface area contributed by atoms with Crippen molar-refractivity contribution < 1.29 is 23.3 Å². The lowest BCUT2D eigenvalue weighted by molar-refractivity contribution is 0.00555. The van der Waals surface area contributed by atoms with Crippen LogP contribution in [0.2, 0.25) is 0 Å². The van der Waals surface area contributed by atoms with E-state index in [0.717, 1.165) is 50.2 Å². The van der Waals surface area contributed by atoms with E-state index in [4.69, 9.17) is 23.3 Å². The van der Waals surface area contributed by atoms with Gasteiger partial charge in [-0.3, -0.25) is 0 Å². The Bertz CT molecular complexity index is 524. The summed E-state index contributed by atoms with van der Waals surface area (Å²) in [4.78, 5) is 0. The predicted molar refractivity (Wildman–Crippen MR) is 130 cm³/mol. The highest BCUT2D eigenvalue weighted by molar-refractivity contribution is 7.44. The molecule has 0 aromatic carbocycles. The average molecular weight is 472 g/mol. The van der Waals surface area contributed by atoms with Crippen molar-refractivity contribution in [2.75, 3.05) is 52.9 Å². The van der Waals surface area contributed by atoms with Crippen LogP contribution < -0.4 is 0 Å². The molecule has 0 aromatic rings. The normalized spacial score (nSPS) is 23.6. The van der Waals surface area contributed by atoms with Crippen molar-refractivity contribution >= 4 is 8.53 Å². The van der Waals surface area contributed by atoms with Crippen molar-refractivity contribution in [2.24, 2.45) is 17.8 Å². The van der Waals surface area contributed by atoms with E-state index in [2.05, 4.69) is 51.1 Å². The molecule has 186 valence electrons. The summed E-state index contributed by atoms with van der Waals surface area (Å²) >= 11 is 0. The van der Waals surface area contributed by atoms with Gasteiger partial charge in [-0.2, -0.15) is 0 Å². The minimum absolute atomic E-state index is 0.376. The third-order valence-electron chi connectivity index (χ3n) is 5.98. The molecular formula is C25H46NO5P. The SMILES string of the molecule is CCCOP(OCCOCCOCCOCC1[C@H]2CCC#CCC[C@@H]12)N(C(C)C)C(C)C. The number of hydrogen-bond donors (Lipinski definition) is 0. The zero-order valence-corrected chi connectivity index (χ0v) is 21.9. The van der Waals surface area contributed by atoms with Crippen LogP contribution in [0.25, 0.3) is 0 Å². The van der Waals surface area contributed by atoms with E-state index in [9.17, 15) is 0 Å². The van der Waals surface area contributed by atoms with E-state index in [1.807, 2.05) is 0 Å². The molecule has 0 amide bonds. The molecule has 2 aliphatic carbocycles. The zero-order chi connectivity index (χ0) is 23.2. The Morgan fingerprint density at radius 1 is 0.750 bits per heavy atom. The zero-order valence-electron chi connectivity index (χ0n) is 21.0. The third kappa shape index (κ3) is 10.3. The fourth-order valence-corrected chi connectivity index (χ4v) is 6.09. The molecule has 0 radical (unpaired) electrons. The van der Waals surface area contributed by atoms with Gasteiger partial charge in [0.2, 0.25) is 0 Å². The van der Waals surface area contributed by atoms with Crippen molar-refractivity contribution in [1.82, 2.24) is 4.67 Å². The summed E-state index contributed by atoms with van der Waals surface area (Å²) in [5, 5.41) is 0. The summed E-state index contributed by atoms with van der Waals surface area (Å²) in [5.74, 6) is 8.97. The van der Waals surface area contributed by atoms with E-state index in [-0.39, 0.29) is 0 Å². The molecular weight excluding hydrogens is 425 g/mol. The Hall–Kier alpha value is -0.250. The summed E-state index contributed by atoms with van der Waals surface area (Å²) in [5.41, 5.74) is 0. The average Bonchev–Trinajstić information content (AvgIpc) is 3.37. The minimum Gasteiger partial charge on any atom is -0.379 e. The highest BCUT2D eigenvalue weighted by Crippen LogP contribution is 2.52. The van der Waals surface area contributed by atoms with Crippen molar-refractivity contribution in [3.63, 3.8) is 0 Å². The molecule has 0 spiro atoms. The molecule has 2 unspecified atom stereocenters. The Kier molecular flexibility index (Phi) is 14.3. The van der Waals surface area contributed by atoms with E-state index in [0.29, 0.717) is 51.7 Å². The Morgan fingerprint density at radius 2 is 1.25 bits per heavy atom. The van der Waals surface area contributed by atoms with Crippen LogP contribution in [0.1, 0.15) is 66.7 Å². The Balaban J connectivity index is 1.44. The second-order valence-corrected chi connectivity index (χ2v) is 10.6. The van der Waals surface area contributed by atoms with Gasteiger partial charge >= 0.3 is 0 Å². The summed E-state index contributed by atoms with van der Waals surface area (Å²) in [6, 6.07) is 0.753. The van der Waals surface area contributed by atoms with Gasteiger partial charge in [-0.05, 0) is 64.7 Å². The summed E-state index contributed by atoms with van der Waals surface area (Å²) in [7, 11) is -1.05. The van der Waals surface area contributed by atoms with Crippen molar-refractivity contribution in [1.29, 1.82) is 0 Å². The lowest BCUT2D eigenvalue weighted by atomic mass is 10.1. The molecule has 1 fully saturated rings. The van der Waals surface area contributed by atoms with Gasteiger partial charge in [-0.25, -0.2) is 4.67 Å². The van der Waals surface area contributed by atoms with Gasteiger partial charge < -0.3 is 23.3 Å². The van der Waals surface area contributed by atoms with Crippen LogP contribution in [0.4, 0.5) is 0 Å². The van der Waals surface area contributed by atoms with Gasteiger partial charge in [0, 0.05) is 24.9 Å². The van der Waals surface area contributed by atoms with Crippen LogP contribution in [0.3, 0.4) is 0 Å². The number of nitrogens with zero attached hydrogens (tertiary/aromatic N) is 1. The maximum Gasteiger partial charge on any atom is 0.259 e. The van der Waals surface area contributed by atoms with Crippen LogP contribution in [-0.2, 0) is 23.3 Å². The Labute approximate surface area is 198 Å². The summed E-state index contributed by atoms with van der Waals surface area (Å²) < 4.78 is 31.5. The summed E-state index contributed by atoms with van der Waals surface area (Å²) in [6.07, 6.45) is 5.62. The van der Waals surface area contributed by atoms with Gasteiger partial charge in [-0.15, -0.1) is 11.8 Å². The third-order valence-corrected chi connectivity index (χ3v) is 8.08. The fraction of sp³-hybridized carbons (Fsp3) is 0.920. The Morgan fingerprint density at radius 3 is 1.78 bits per heavy atom. The standard InChI is InChI=1S/C25H46NO5P/c1-6-13-30-32(26(21(2)3)22(4)5)31-19-18-28-15-14-27-16-17-29-20-25-23-11-9-7-8-10-12-24(23)25/h21-25H,6,9-20H2,1-5H3/t23-,24+,25?,32?. The fourth-order valence-electron chi connectivity index (χ4n) is 4.43. The molecule has 0 N–H and O–H groups in total. The molecule has 32 heavy (non-hydrogen) atoms. The quantitative estimate of drug-likeness (QED) is 0.154. The largest absolute Gasteiger partial charge is 0.379 e. The molecule has 0 aliphatic heterocycles. The predicted octanol–water partition coefficient (Wildman–Crippen LogP) is 5.26. The van der Waals surface area contributed by atoms with Crippen LogP contribution >= 0.6 is 8.53 Å². The molecule has 4 atom stereocenters. The maximum atomic E-state index is 6.05. The van der Waals surface area contributed by atoms with Crippen LogP contribution in [-0.4, -0.2) is 69.6 Å². The van der Waals surface area contributed by atoms with E-state index in [1.54, 1.807) is 0 Å². The van der Waals surface area contributed by atoms with E-state index < -0.39 is 8.53 Å². The number of rotatable bonds is 18. The molecule has 0 saturated heterocycles. The first-order chi connectivity index (χ1) is 15.6. The van der Waals surface area contributed by atoms with Gasteiger partial charge in [-0.1, -0.05) is 6.92 Å². The lowest BCUT2D eigenvalue weighted by Crippen LogP contribution is -2.34. The first-order valence-electron chi connectivity index (χ1n) is 12.6. The van der Waals surface area contributed by atoms with Crippen LogP contribution in [0.15, 0.2) is 0 Å². The topological polar surface area (TPSA) is 49.4 Å². The first-order valence-corrected chi connectivity index (χ1v) is 13.7. The van der Waals surface area contributed by atoms with Crippen LogP contribution in [0.5, 0.6) is 0 Å². The highest BCUT2D eigenvalue weighted by atomic mass is 31.2. The molecule has 0 bridgehead atoms.